The number of aryl methyl sites for hydroxylation is 2. The van der Waals surface area contributed by atoms with Gasteiger partial charge in [-0.3, -0.25) is 9.69 Å². The van der Waals surface area contributed by atoms with Crippen molar-refractivity contribution in [3.05, 3.63) is 46.8 Å². The van der Waals surface area contributed by atoms with Crippen molar-refractivity contribution in [3.8, 4) is 0 Å². The normalized spacial score (nSPS) is 15.2. The first-order valence-electron chi connectivity index (χ1n) is 7.68. The van der Waals surface area contributed by atoms with E-state index in [0.29, 0.717) is 5.69 Å². The number of benzene rings is 1. The Morgan fingerprint density at radius 1 is 1.27 bits per heavy atom. The summed E-state index contributed by atoms with van der Waals surface area (Å²) in [4.78, 5) is 14.6. The molecule has 5 heteroatoms. The number of carbonyl (C=O) groups is 1. The maximum Gasteiger partial charge on any atom is 0.277 e. The molecule has 1 saturated heterocycles. The monoisotopic (exact) mass is 299 g/mol. The molecule has 1 aromatic heterocycles. The molecule has 0 bridgehead atoms. The Balaban J connectivity index is 1.65. The molecule has 1 N–H and O–H groups in total. The summed E-state index contributed by atoms with van der Waals surface area (Å²) in [6, 6.07) is 7.66. The molecule has 2 aromatic rings. The lowest BCUT2D eigenvalue weighted by Crippen LogP contribution is -2.18. The summed E-state index contributed by atoms with van der Waals surface area (Å²) < 4.78 is 5.28. The molecule has 1 aliphatic rings. The van der Waals surface area contributed by atoms with Crippen molar-refractivity contribution in [2.45, 2.75) is 33.2 Å². The van der Waals surface area contributed by atoms with Gasteiger partial charge in [-0.1, -0.05) is 22.9 Å². The minimum absolute atomic E-state index is 0.233. The van der Waals surface area contributed by atoms with E-state index in [0.717, 1.165) is 36.6 Å². The number of carbonyl (C=O) groups excluding carboxylic acids is 1. The third-order valence-corrected chi connectivity index (χ3v) is 4.00. The van der Waals surface area contributed by atoms with E-state index < -0.39 is 0 Å². The molecule has 116 valence electrons. The lowest BCUT2D eigenvalue weighted by atomic mass is 10.1. The molecule has 3 rings (SSSR count). The van der Waals surface area contributed by atoms with Gasteiger partial charge in [-0.2, -0.15) is 0 Å². The number of nitrogens with one attached hydrogen (secondary N) is 1. The summed E-state index contributed by atoms with van der Waals surface area (Å²) in [5.41, 5.74) is 3.34. The number of rotatable bonds is 4. The van der Waals surface area contributed by atoms with Crippen molar-refractivity contribution < 1.29 is 9.32 Å². The van der Waals surface area contributed by atoms with Crippen LogP contribution in [0.15, 0.2) is 28.8 Å². The van der Waals surface area contributed by atoms with Gasteiger partial charge in [0.1, 0.15) is 0 Å². The summed E-state index contributed by atoms with van der Waals surface area (Å²) in [5, 5.41) is 6.77. The second-order valence-electron chi connectivity index (χ2n) is 5.93. The number of nitrogens with zero attached hydrogens (tertiary/aromatic N) is 2. The molecule has 0 spiro atoms. The fourth-order valence-electron chi connectivity index (χ4n) is 2.80. The zero-order valence-corrected chi connectivity index (χ0v) is 13.1. The van der Waals surface area contributed by atoms with E-state index in [1.165, 1.54) is 18.4 Å². The number of likely N-dealkylation sites (tertiary alicyclic amines) is 1. The van der Waals surface area contributed by atoms with Crippen LogP contribution in [0.3, 0.4) is 0 Å². The molecule has 1 aromatic carbocycles. The van der Waals surface area contributed by atoms with Gasteiger partial charge in [0, 0.05) is 11.8 Å². The van der Waals surface area contributed by atoms with Gasteiger partial charge in [0.2, 0.25) is 0 Å². The van der Waals surface area contributed by atoms with Gasteiger partial charge in [0.05, 0.1) is 6.54 Å². The Labute approximate surface area is 130 Å². The lowest BCUT2D eigenvalue weighted by Gasteiger charge is -2.10. The van der Waals surface area contributed by atoms with E-state index in [-0.39, 0.29) is 5.91 Å². The van der Waals surface area contributed by atoms with Gasteiger partial charge >= 0.3 is 0 Å². The van der Waals surface area contributed by atoms with Crippen LogP contribution in [-0.4, -0.2) is 29.1 Å². The number of hydrogen-bond acceptors (Lipinski definition) is 4. The molecule has 1 fully saturated rings. The first-order chi connectivity index (χ1) is 10.6. The van der Waals surface area contributed by atoms with Gasteiger partial charge in [-0.25, -0.2) is 0 Å². The zero-order chi connectivity index (χ0) is 15.5. The summed E-state index contributed by atoms with van der Waals surface area (Å²) >= 11 is 0. The largest absolute Gasteiger partial charge is 0.359 e. The van der Waals surface area contributed by atoms with E-state index in [1.807, 2.05) is 32.0 Å². The first kappa shape index (κ1) is 14.8. The molecule has 0 radical (unpaired) electrons. The van der Waals surface area contributed by atoms with Crippen LogP contribution < -0.4 is 5.32 Å². The van der Waals surface area contributed by atoms with Crippen LogP contribution in [0.4, 0.5) is 5.69 Å². The van der Waals surface area contributed by atoms with E-state index in [9.17, 15) is 4.79 Å². The van der Waals surface area contributed by atoms with E-state index in [4.69, 9.17) is 4.52 Å². The Bertz CT molecular complexity index is 672. The highest BCUT2D eigenvalue weighted by Gasteiger charge is 2.17. The minimum atomic E-state index is -0.233. The van der Waals surface area contributed by atoms with E-state index >= 15 is 0 Å². The average molecular weight is 299 g/mol. The van der Waals surface area contributed by atoms with E-state index in [2.05, 4.69) is 15.4 Å². The van der Waals surface area contributed by atoms with Crippen molar-refractivity contribution in [2.24, 2.45) is 0 Å². The van der Waals surface area contributed by atoms with Gasteiger partial charge in [0.15, 0.2) is 11.5 Å². The highest BCUT2D eigenvalue weighted by molar-refractivity contribution is 6.03. The second-order valence-corrected chi connectivity index (χ2v) is 5.93. The number of anilines is 1. The number of aromatic nitrogens is 1. The predicted molar refractivity (Wildman–Crippen MR) is 84.9 cm³/mol. The highest BCUT2D eigenvalue weighted by atomic mass is 16.5. The third kappa shape index (κ3) is 3.36. The smallest absolute Gasteiger partial charge is 0.277 e. The molecule has 2 heterocycles. The number of hydrogen-bond donors (Lipinski definition) is 1. The topological polar surface area (TPSA) is 58.4 Å². The molecular formula is C17H21N3O2. The SMILES string of the molecule is Cc1ccc(NC(=O)c2cc(CN3CCCC3)on2)c(C)c1. The van der Waals surface area contributed by atoms with Crippen molar-refractivity contribution in [1.82, 2.24) is 10.1 Å². The fraction of sp³-hybridized carbons (Fsp3) is 0.412. The minimum Gasteiger partial charge on any atom is -0.359 e. The van der Waals surface area contributed by atoms with Gasteiger partial charge in [-0.15, -0.1) is 0 Å². The highest BCUT2D eigenvalue weighted by Crippen LogP contribution is 2.18. The summed E-state index contributed by atoms with van der Waals surface area (Å²) in [7, 11) is 0. The predicted octanol–water partition coefficient (Wildman–Crippen LogP) is 3.14. The quantitative estimate of drug-likeness (QED) is 0.942. The van der Waals surface area contributed by atoms with Crippen LogP contribution in [0.1, 0.15) is 40.2 Å². The second kappa shape index (κ2) is 6.32. The summed E-state index contributed by atoms with van der Waals surface area (Å²) in [5.74, 6) is 0.510. The fourth-order valence-corrected chi connectivity index (χ4v) is 2.80. The maximum atomic E-state index is 12.3. The average Bonchev–Trinajstić information content (AvgIpc) is 3.14. The van der Waals surface area contributed by atoms with Crippen LogP contribution in [0.2, 0.25) is 0 Å². The molecule has 0 aliphatic carbocycles. The molecule has 5 nitrogen and oxygen atoms in total. The van der Waals surface area contributed by atoms with E-state index in [1.54, 1.807) is 6.07 Å². The molecule has 1 amide bonds. The molecule has 0 atom stereocenters. The summed E-state index contributed by atoms with van der Waals surface area (Å²) in [6.45, 7) is 6.91. The van der Waals surface area contributed by atoms with Crippen molar-refractivity contribution in [2.75, 3.05) is 18.4 Å². The third-order valence-electron chi connectivity index (χ3n) is 4.00. The molecule has 1 aliphatic heterocycles. The van der Waals surface area contributed by atoms with Gasteiger partial charge < -0.3 is 9.84 Å². The van der Waals surface area contributed by atoms with Crippen LogP contribution in [0.25, 0.3) is 0 Å². The van der Waals surface area contributed by atoms with Gasteiger partial charge in [-0.05, 0) is 51.4 Å². The Morgan fingerprint density at radius 3 is 2.77 bits per heavy atom. The molecule has 0 saturated carbocycles. The molecular weight excluding hydrogens is 278 g/mol. The molecule has 22 heavy (non-hydrogen) atoms. The van der Waals surface area contributed by atoms with Gasteiger partial charge in [0.25, 0.3) is 5.91 Å². The van der Waals surface area contributed by atoms with Crippen LogP contribution in [0.5, 0.6) is 0 Å². The van der Waals surface area contributed by atoms with Crippen molar-refractivity contribution in [1.29, 1.82) is 0 Å². The lowest BCUT2D eigenvalue weighted by molar-refractivity contribution is 0.101. The van der Waals surface area contributed by atoms with Crippen LogP contribution in [-0.2, 0) is 6.54 Å². The number of amides is 1. The Morgan fingerprint density at radius 2 is 2.05 bits per heavy atom. The maximum absolute atomic E-state index is 12.3. The Kier molecular flexibility index (Phi) is 4.24. The zero-order valence-electron chi connectivity index (χ0n) is 13.1. The van der Waals surface area contributed by atoms with Crippen LogP contribution in [0, 0.1) is 13.8 Å². The van der Waals surface area contributed by atoms with Crippen LogP contribution >= 0.6 is 0 Å². The van der Waals surface area contributed by atoms with Crippen molar-refractivity contribution in [3.63, 3.8) is 0 Å². The Hall–Kier alpha value is -2.14. The standard InChI is InChI=1S/C17H21N3O2/c1-12-5-6-15(13(2)9-12)18-17(21)16-10-14(22-19-16)11-20-7-3-4-8-20/h5-6,9-10H,3-4,7-8,11H2,1-2H3,(H,18,21). The first-order valence-corrected chi connectivity index (χ1v) is 7.68. The summed E-state index contributed by atoms with van der Waals surface area (Å²) in [6.07, 6.45) is 2.46. The molecule has 0 unspecified atom stereocenters. The van der Waals surface area contributed by atoms with Crippen molar-refractivity contribution >= 4 is 11.6 Å².